The Hall–Kier alpha value is -7.18. The number of rotatable bonds is 16. The first-order valence-electron chi connectivity index (χ1n) is 18.3. The summed E-state index contributed by atoms with van der Waals surface area (Å²) in [4.78, 5) is 50.6. The molecule has 0 amide bonds. The monoisotopic (exact) mass is 779 g/mol. The van der Waals surface area contributed by atoms with Crippen LogP contribution in [0.4, 0.5) is 0 Å². The van der Waals surface area contributed by atoms with Crippen LogP contribution in [0.1, 0.15) is 13.8 Å². The van der Waals surface area contributed by atoms with E-state index >= 15 is 0 Å². The molecular weight excluding hydrogens is 739 g/mol. The molecule has 2 unspecified atom stereocenters. The lowest BCUT2D eigenvalue weighted by Crippen LogP contribution is -2.43. The van der Waals surface area contributed by atoms with Crippen LogP contribution in [0.5, 0.6) is 11.5 Å². The molecule has 0 bridgehead atoms. The van der Waals surface area contributed by atoms with Crippen molar-refractivity contribution in [3.63, 3.8) is 0 Å². The number of aliphatic hydroxyl groups excluding tert-OH is 1. The Balaban J connectivity index is 1.24. The standard InChI is InChI=1S/C46H41N3O9/c1-4-41(53)56-28-46(26-50,27-55-31(3)51)29-57-45(54)30(2)58-38-23-24-39(40(52)25-38)44-48-42(36-19-15-34(16-20-36)32-11-7-5-8-12-32)47-43(49-44)37-21-17-35(18-22-37)33-13-9-6-10-14-33/h4-25,30,50,52H,1,26-29H2,2-3H3. The summed E-state index contributed by atoms with van der Waals surface area (Å²) in [6.45, 7) is 4.03. The van der Waals surface area contributed by atoms with E-state index in [4.69, 9.17) is 33.9 Å². The third kappa shape index (κ3) is 10.2. The molecule has 6 rings (SSSR count). The summed E-state index contributed by atoms with van der Waals surface area (Å²) in [6.07, 6.45) is -0.246. The Morgan fingerprint density at radius 2 is 1.12 bits per heavy atom. The zero-order chi connectivity index (χ0) is 41.1. The van der Waals surface area contributed by atoms with Gasteiger partial charge in [0.2, 0.25) is 0 Å². The van der Waals surface area contributed by atoms with Gasteiger partial charge < -0.3 is 29.2 Å². The number of carbonyl (C=O) groups excluding carboxylic acids is 3. The minimum absolute atomic E-state index is 0.140. The van der Waals surface area contributed by atoms with Gasteiger partial charge in [-0.2, -0.15) is 0 Å². The largest absolute Gasteiger partial charge is 0.507 e. The molecule has 0 saturated heterocycles. The lowest BCUT2D eigenvalue weighted by atomic mass is 9.92. The number of nitrogens with zero attached hydrogens (tertiary/aromatic N) is 3. The first-order valence-corrected chi connectivity index (χ1v) is 18.3. The molecule has 1 heterocycles. The molecule has 0 saturated carbocycles. The van der Waals surface area contributed by atoms with Crippen LogP contribution >= 0.6 is 0 Å². The van der Waals surface area contributed by atoms with E-state index in [0.717, 1.165) is 39.5 Å². The molecule has 2 N–H and O–H groups in total. The molecule has 6 aromatic rings. The molecule has 0 spiro atoms. The van der Waals surface area contributed by atoms with Gasteiger partial charge in [0.15, 0.2) is 23.6 Å². The fourth-order valence-corrected chi connectivity index (χ4v) is 5.81. The molecule has 5 aromatic carbocycles. The van der Waals surface area contributed by atoms with Crippen LogP contribution < -0.4 is 4.74 Å². The smallest absolute Gasteiger partial charge is 0.347 e. The molecular formula is C46H41N3O9. The number of carbonyl (C=O) groups is 3. The lowest BCUT2D eigenvalue weighted by molar-refractivity contribution is -0.166. The second kappa shape index (κ2) is 18.6. The van der Waals surface area contributed by atoms with Crippen molar-refractivity contribution in [3.05, 3.63) is 140 Å². The number of phenols is 1. The third-order valence-electron chi connectivity index (χ3n) is 9.12. The van der Waals surface area contributed by atoms with Crippen molar-refractivity contribution in [3.8, 4) is 67.9 Å². The van der Waals surface area contributed by atoms with Crippen LogP contribution in [-0.4, -0.2) is 75.6 Å². The molecule has 294 valence electrons. The van der Waals surface area contributed by atoms with Crippen LogP contribution in [0.3, 0.4) is 0 Å². The van der Waals surface area contributed by atoms with Crippen molar-refractivity contribution in [2.45, 2.75) is 20.0 Å². The Labute approximate surface area is 335 Å². The molecule has 0 aliphatic carbocycles. The second-order valence-electron chi connectivity index (χ2n) is 13.5. The quantitative estimate of drug-likeness (QED) is 0.0565. The van der Waals surface area contributed by atoms with Crippen molar-refractivity contribution < 1.29 is 43.5 Å². The fraction of sp³-hybridized carbons (Fsp3) is 0.174. The van der Waals surface area contributed by atoms with E-state index in [1.54, 1.807) is 12.1 Å². The Bertz CT molecular complexity index is 2270. The van der Waals surface area contributed by atoms with Gasteiger partial charge in [-0.05, 0) is 41.3 Å². The van der Waals surface area contributed by atoms with Crippen molar-refractivity contribution in [2.24, 2.45) is 5.41 Å². The number of aliphatic hydroxyl groups is 1. The molecule has 0 aliphatic heterocycles. The van der Waals surface area contributed by atoms with Gasteiger partial charge in [0.25, 0.3) is 0 Å². The van der Waals surface area contributed by atoms with Gasteiger partial charge in [0, 0.05) is 30.2 Å². The number of aromatic hydroxyl groups is 1. The lowest BCUT2D eigenvalue weighted by Gasteiger charge is -2.30. The van der Waals surface area contributed by atoms with Crippen molar-refractivity contribution >= 4 is 17.9 Å². The van der Waals surface area contributed by atoms with E-state index < -0.39 is 49.2 Å². The summed E-state index contributed by atoms with van der Waals surface area (Å²) in [5, 5.41) is 21.4. The van der Waals surface area contributed by atoms with Crippen LogP contribution in [-0.2, 0) is 28.6 Å². The first kappa shape index (κ1) is 40.5. The number of hydrogen-bond donors (Lipinski definition) is 2. The number of aromatic nitrogens is 3. The van der Waals surface area contributed by atoms with E-state index in [0.29, 0.717) is 17.2 Å². The van der Waals surface area contributed by atoms with Gasteiger partial charge in [-0.3, -0.25) is 4.79 Å². The topological polar surface area (TPSA) is 167 Å². The van der Waals surface area contributed by atoms with Crippen molar-refractivity contribution in [2.75, 3.05) is 26.4 Å². The van der Waals surface area contributed by atoms with E-state index in [-0.39, 0.29) is 23.9 Å². The zero-order valence-electron chi connectivity index (χ0n) is 31.9. The van der Waals surface area contributed by atoms with E-state index in [1.807, 2.05) is 109 Å². The van der Waals surface area contributed by atoms with Crippen LogP contribution in [0, 0.1) is 5.41 Å². The molecule has 0 radical (unpaired) electrons. The average molecular weight is 780 g/mol. The molecule has 1 aromatic heterocycles. The van der Waals surface area contributed by atoms with Gasteiger partial charge in [-0.25, -0.2) is 24.5 Å². The predicted molar refractivity (Wildman–Crippen MR) is 217 cm³/mol. The number of esters is 3. The first-order chi connectivity index (χ1) is 28.1. The van der Waals surface area contributed by atoms with Gasteiger partial charge in [-0.1, -0.05) is 116 Å². The van der Waals surface area contributed by atoms with Gasteiger partial charge in [0.05, 0.1) is 17.6 Å². The normalized spacial score (nSPS) is 12.4. The Morgan fingerprint density at radius 1 is 0.655 bits per heavy atom. The molecule has 58 heavy (non-hydrogen) atoms. The van der Waals surface area contributed by atoms with E-state index in [9.17, 15) is 24.6 Å². The van der Waals surface area contributed by atoms with Crippen molar-refractivity contribution in [1.29, 1.82) is 0 Å². The zero-order valence-corrected chi connectivity index (χ0v) is 31.9. The highest BCUT2D eigenvalue weighted by atomic mass is 16.6. The summed E-state index contributed by atoms with van der Waals surface area (Å²) in [5.41, 5.74) is 4.56. The summed E-state index contributed by atoms with van der Waals surface area (Å²) in [5.74, 6) is -1.32. The Morgan fingerprint density at radius 3 is 1.60 bits per heavy atom. The van der Waals surface area contributed by atoms with Gasteiger partial charge in [-0.15, -0.1) is 0 Å². The predicted octanol–water partition coefficient (Wildman–Crippen LogP) is 7.49. The average Bonchev–Trinajstić information content (AvgIpc) is 3.26. The minimum atomic E-state index is -1.43. The highest BCUT2D eigenvalue weighted by Crippen LogP contribution is 2.34. The second-order valence-corrected chi connectivity index (χ2v) is 13.5. The Kier molecular flexibility index (Phi) is 13.0. The third-order valence-corrected chi connectivity index (χ3v) is 9.12. The molecule has 0 fully saturated rings. The molecule has 0 aliphatic rings. The van der Waals surface area contributed by atoms with Crippen LogP contribution in [0.2, 0.25) is 0 Å². The number of benzene rings is 5. The number of ether oxygens (including phenoxy) is 4. The van der Waals surface area contributed by atoms with E-state index in [1.165, 1.54) is 19.9 Å². The maximum Gasteiger partial charge on any atom is 0.347 e. The summed E-state index contributed by atoms with van der Waals surface area (Å²) in [7, 11) is 0. The maximum absolute atomic E-state index is 13.0. The minimum Gasteiger partial charge on any atom is -0.507 e. The SMILES string of the molecule is C=CC(=O)OCC(CO)(COC(C)=O)COC(=O)C(C)Oc1ccc(-c2nc(-c3ccc(-c4ccccc4)cc3)nc(-c3ccc(-c4ccccc4)cc3)n2)c(O)c1. The van der Waals surface area contributed by atoms with E-state index in [2.05, 4.69) is 6.58 Å². The van der Waals surface area contributed by atoms with Crippen LogP contribution in [0.15, 0.2) is 140 Å². The molecule has 12 nitrogen and oxygen atoms in total. The highest BCUT2D eigenvalue weighted by molar-refractivity contribution is 5.81. The summed E-state index contributed by atoms with van der Waals surface area (Å²) < 4.78 is 21.3. The summed E-state index contributed by atoms with van der Waals surface area (Å²) >= 11 is 0. The fourth-order valence-electron chi connectivity index (χ4n) is 5.81. The molecule has 2 atom stereocenters. The number of hydrogen-bond acceptors (Lipinski definition) is 12. The van der Waals surface area contributed by atoms with Crippen LogP contribution in [0.25, 0.3) is 56.4 Å². The highest BCUT2D eigenvalue weighted by Gasteiger charge is 2.36. The van der Waals surface area contributed by atoms with Gasteiger partial charge >= 0.3 is 17.9 Å². The molecule has 12 heteroatoms. The summed E-state index contributed by atoms with van der Waals surface area (Å²) in [6, 6.07) is 40.2. The van der Waals surface area contributed by atoms with Crippen molar-refractivity contribution in [1.82, 2.24) is 15.0 Å². The van der Waals surface area contributed by atoms with Gasteiger partial charge in [0.1, 0.15) is 31.3 Å². The maximum atomic E-state index is 13.0. The number of phenolic OH excluding ortho intramolecular Hbond substituents is 1.